The molecule has 8 heteroatoms. The summed E-state index contributed by atoms with van der Waals surface area (Å²) in [5.41, 5.74) is 0. The van der Waals surface area contributed by atoms with Crippen molar-refractivity contribution in [2.24, 2.45) is 0 Å². The Kier molecular flexibility index (Phi) is 3.72. The van der Waals surface area contributed by atoms with E-state index in [1.165, 1.54) is 0 Å². The summed E-state index contributed by atoms with van der Waals surface area (Å²) >= 11 is 0. The van der Waals surface area contributed by atoms with E-state index in [4.69, 9.17) is 0 Å². The van der Waals surface area contributed by atoms with Gasteiger partial charge in [-0.2, -0.15) is 0 Å². The molecule has 1 atom stereocenters. The second-order valence-electron chi connectivity index (χ2n) is 4.19. The Morgan fingerprint density at radius 2 is 2.35 bits per heavy atom. The van der Waals surface area contributed by atoms with E-state index in [-0.39, 0.29) is 5.25 Å². The topological polar surface area (TPSA) is 89.8 Å². The zero-order chi connectivity index (χ0) is 12.3. The van der Waals surface area contributed by atoms with E-state index in [1.54, 1.807) is 4.68 Å². The normalized spacial score (nSPS) is 23.0. The van der Waals surface area contributed by atoms with E-state index >= 15 is 0 Å². The van der Waals surface area contributed by atoms with E-state index in [0.29, 0.717) is 31.1 Å². The number of rotatable bonds is 5. The summed E-state index contributed by atoms with van der Waals surface area (Å²) < 4.78 is 25.0. The minimum atomic E-state index is -2.94. The van der Waals surface area contributed by atoms with Crippen LogP contribution in [0, 0.1) is 0 Å². The number of sulfone groups is 1. The van der Waals surface area contributed by atoms with Crippen LogP contribution in [0.25, 0.3) is 0 Å². The first-order valence-corrected chi connectivity index (χ1v) is 7.52. The molecule has 1 fully saturated rings. The molecule has 0 aromatic carbocycles. The summed E-state index contributed by atoms with van der Waals surface area (Å²) in [6.45, 7) is 3.76. The molecule has 2 heterocycles. The third-order valence-electron chi connectivity index (χ3n) is 2.98. The quantitative estimate of drug-likeness (QED) is 0.756. The van der Waals surface area contributed by atoms with Crippen molar-refractivity contribution in [1.82, 2.24) is 25.5 Å². The number of hydrogen-bond donors (Lipinski definition) is 1. The first-order chi connectivity index (χ1) is 8.13. The fourth-order valence-electron chi connectivity index (χ4n) is 1.98. The van der Waals surface area contributed by atoms with Gasteiger partial charge in [-0.15, -0.1) is 5.10 Å². The van der Waals surface area contributed by atoms with E-state index < -0.39 is 9.84 Å². The molecule has 0 saturated carbocycles. The van der Waals surface area contributed by atoms with Crippen LogP contribution in [-0.4, -0.2) is 46.2 Å². The van der Waals surface area contributed by atoms with Gasteiger partial charge in [0.2, 0.25) is 0 Å². The number of nitrogens with zero attached hydrogens (tertiary/aromatic N) is 4. The molecule has 0 bridgehead atoms. The lowest BCUT2D eigenvalue weighted by Crippen LogP contribution is -2.25. The van der Waals surface area contributed by atoms with Crippen LogP contribution in [0.2, 0.25) is 0 Å². The molecule has 7 nitrogen and oxygen atoms in total. The molecule has 1 aliphatic heterocycles. The molecule has 0 amide bonds. The highest BCUT2D eigenvalue weighted by atomic mass is 32.2. The van der Waals surface area contributed by atoms with Gasteiger partial charge < -0.3 is 5.32 Å². The lowest BCUT2D eigenvalue weighted by molar-refractivity contribution is 0.508. The molecule has 2 rings (SSSR count). The van der Waals surface area contributed by atoms with E-state index in [1.807, 2.05) is 6.92 Å². The molecule has 1 unspecified atom stereocenters. The van der Waals surface area contributed by atoms with Gasteiger partial charge in [-0.05, 0) is 29.8 Å². The summed E-state index contributed by atoms with van der Waals surface area (Å²) in [5, 5.41) is 14.1. The fourth-order valence-corrected chi connectivity index (χ4v) is 3.78. The monoisotopic (exact) mass is 259 g/mol. The van der Waals surface area contributed by atoms with Crippen molar-refractivity contribution in [1.29, 1.82) is 0 Å². The smallest absolute Gasteiger partial charge is 0.165 e. The molecule has 96 valence electrons. The Hall–Kier alpha value is -1.02. The van der Waals surface area contributed by atoms with Gasteiger partial charge in [0.05, 0.1) is 24.1 Å². The SMILES string of the molecule is CCNCc1nnnn1CC1CCCS1(=O)=O. The molecule has 1 saturated heterocycles. The zero-order valence-corrected chi connectivity index (χ0v) is 10.7. The van der Waals surface area contributed by atoms with Gasteiger partial charge in [-0.1, -0.05) is 6.92 Å². The third-order valence-corrected chi connectivity index (χ3v) is 5.24. The predicted octanol–water partition coefficient (Wildman–Crippen LogP) is -0.640. The minimum absolute atomic E-state index is 0.294. The highest BCUT2D eigenvalue weighted by molar-refractivity contribution is 7.92. The van der Waals surface area contributed by atoms with Crippen LogP contribution in [-0.2, 0) is 22.9 Å². The molecule has 1 aliphatic rings. The lowest BCUT2D eigenvalue weighted by Gasteiger charge is -2.10. The van der Waals surface area contributed by atoms with Crippen molar-refractivity contribution >= 4 is 9.84 Å². The second-order valence-corrected chi connectivity index (χ2v) is 6.59. The van der Waals surface area contributed by atoms with Gasteiger partial charge >= 0.3 is 0 Å². The summed E-state index contributed by atoms with van der Waals surface area (Å²) in [6.07, 6.45) is 1.46. The van der Waals surface area contributed by atoms with Gasteiger partial charge in [0.1, 0.15) is 0 Å². The Balaban J connectivity index is 2.06. The second kappa shape index (κ2) is 5.09. The van der Waals surface area contributed by atoms with Crippen LogP contribution in [0.5, 0.6) is 0 Å². The summed E-state index contributed by atoms with van der Waals surface area (Å²) in [4.78, 5) is 0. The van der Waals surface area contributed by atoms with Crippen LogP contribution in [0.3, 0.4) is 0 Å². The Morgan fingerprint density at radius 3 is 3.00 bits per heavy atom. The van der Waals surface area contributed by atoms with Gasteiger partial charge in [-0.25, -0.2) is 13.1 Å². The summed E-state index contributed by atoms with van der Waals surface area (Å²) in [5.74, 6) is 0.983. The molecule has 17 heavy (non-hydrogen) atoms. The maximum atomic E-state index is 11.7. The van der Waals surface area contributed by atoms with Gasteiger partial charge in [0.15, 0.2) is 15.7 Å². The van der Waals surface area contributed by atoms with Crippen LogP contribution in [0.4, 0.5) is 0 Å². The number of aromatic nitrogens is 4. The molecule has 1 N–H and O–H groups in total. The lowest BCUT2D eigenvalue weighted by atomic mass is 10.2. The molecular formula is C9H17N5O2S. The standard InChI is InChI=1S/C9H17N5O2S/c1-2-10-6-9-11-12-13-14(9)7-8-4-3-5-17(8,15)16/h8,10H,2-7H2,1H3. The zero-order valence-electron chi connectivity index (χ0n) is 9.83. The minimum Gasteiger partial charge on any atom is -0.310 e. The highest BCUT2D eigenvalue weighted by Gasteiger charge is 2.32. The Labute approximate surface area is 101 Å². The van der Waals surface area contributed by atoms with Crippen molar-refractivity contribution in [3.05, 3.63) is 5.82 Å². The van der Waals surface area contributed by atoms with E-state index in [2.05, 4.69) is 20.8 Å². The van der Waals surface area contributed by atoms with Crippen LogP contribution < -0.4 is 5.32 Å². The Morgan fingerprint density at radius 1 is 1.53 bits per heavy atom. The van der Waals surface area contributed by atoms with Crippen LogP contribution in [0.1, 0.15) is 25.6 Å². The largest absolute Gasteiger partial charge is 0.310 e. The first kappa shape index (κ1) is 12.4. The summed E-state index contributed by atoms with van der Waals surface area (Å²) in [6, 6.07) is 0. The number of tetrazole rings is 1. The van der Waals surface area contributed by atoms with E-state index in [9.17, 15) is 8.42 Å². The number of hydrogen-bond acceptors (Lipinski definition) is 6. The summed E-state index contributed by atoms with van der Waals surface area (Å²) in [7, 11) is -2.94. The van der Waals surface area contributed by atoms with Crippen molar-refractivity contribution < 1.29 is 8.42 Å². The average molecular weight is 259 g/mol. The number of nitrogens with one attached hydrogen (secondary N) is 1. The molecule has 1 aromatic rings. The Bertz CT molecular complexity index is 469. The molecule has 0 spiro atoms. The first-order valence-electron chi connectivity index (χ1n) is 5.81. The van der Waals surface area contributed by atoms with Crippen LogP contribution >= 0.6 is 0 Å². The maximum absolute atomic E-state index is 11.7. The van der Waals surface area contributed by atoms with Crippen molar-refractivity contribution in [2.45, 2.75) is 38.1 Å². The maximum Gasteiger partial charge on any atom is 0.165 e. The van der Waals surface area contributed by atoms with Crippen molar-refractivity contribution in [2.75, 3.05) is 12.3 Å². The molecular weight excluding hydrogens is 242 g/mol. The van der Waals surface area contributed by atoms with Crippen molar-refractivity contribution in [3.63, 3.8) is 0 Å². The highest BCUT2D eigenvalue weighted by Crippen LogP contribution is 2.21. The molecule has 0 aliphatic carbocycles. The predicted molar refractivity (Wildman–Crippen MR) is 62.0 cm³/mol. The molecule has 0 radical (unpaired) electrons. The van der Waals surface area contributed by atoms with Gasteiger partial charge in [0, 0.05) is 0 Å². The van der Waals surface area contributed by atoms with Crippen molar-refractivity contribution in [3.8, 4) is 0 Å². The molecule has 1 aromatic heterocycles. The average Bonchev–Trinajstić information content (AvgIpc) is 2.84. The van der Waals surface area contributed by atoms with E-state index in [0.717, 1.165) is 13.0 Å². The van der Waals surface area contributed by atoms with Crippen LogP contribution in [0.15, 0.2) is 0 Å². The third kappa shape index (κ3) is 2.81. The van der Waals surface area contributed by atoms with Gasteiger partial charge in [0.25, 0.3) is 0 Å². The fraction of sp³-hybridized carbons (Fsp3) is 0.889. The van der Waals surface area contributed by atoms with Gasteiger partial charge in [-0.3, -0.25) is 0 Å².